The molecule has 1 aliphatic heterocycles. The Morgan fingerprint density at radius 2 is 1.94 bits per heavy atom. The number of carbonyl (C=O) groups excluding carboxylic acids is 1. The van der Waals surface area contributed by atoms with Crippen LogP contribution in [0.5, 0.6) is 5.75 Å². The van der Waals surface area contributed by atoms with Crippen molar-refractivity contribution in [1.82, 2.24) is 24.8 Å². The SMILES string of the molecule is CN(C)C(=O)Oc1ccc(C[C@H](Nc2nc(NCCN3CCOCC3)[nH]c(=O)n2)C(=O)O)cc1. The first-order chi connectivity index (χ1) is 16.3. The van der Waals surface area contributed by atoms with Gasteiger partial charge in [0, 0.05) is 46.7 Å². The zero-order chi connectivity index (χ0) is 24.5. The third kappa shape index (κ3) is 7.71. The van der Waals surface area contributed by atoms with Gasteiger partial charge in [0.05, 0.1) is 13.2 Å². The van der Waals surface area contributed by atoms with Gasteiger partial charge in [-0.3, -0.25) is 9.88 Å². The normalized spacial score (nSPS) is 14.8. The van der Waals surface area contributed by atoms with Crippen molar-refractivity contribution in [3.05, 3.63) is 40.3 Å². The smallest absolute Gasteiger partial charge is 0.414 e. The molecular weight excluding hydrogens is 446 g/mol. The van der Waals surface area contributed by atoms with Crippen molar-refractivity contribution in [3.8, 4) is 5.75 Å². The van der Waals surface area contributed by atoms with E-state index in [-0.39, 0.29) is 18.3 Å². The summed E-state index contributed by atoms with van der Waals surface area (Å²) < 4.78 is 10.5. The van der Waals surface area contributed by atoms with Gasteiger partial charge in [0.15, 0.2) is 0 Å². The number of morpholine rings is 1. The van der Waals surface area contributed by atoms with Crippen LogP contribution in [-0.2, 0) is 16.0 Å². The van der Waals surface area contributed by atoms with Crippen molar-refractivity contribution in [2.75, 3.05) is 64.1 Å². The highest BCUT2D eigenvalue weighted by Gasteiger charge is 2.20. The number of anilines is 2. The molecule has 1 aliphatic rings. The molecule has 0 bridgehead atoms. The lowest BCUT2D eigenvalue weighted by atomic mass is 10.1. The maximum Gasteiger partial charge on any atom is 0.414 e. The van der Waals surface area contributed by atoms with E-state index in [1.54, 1.807) is 38.4 Å². The van der Waals surface area contributed by atoms with E-state index in [1.165, 1.54) is 4.90 Å². The Kier molecular flexibility index (Phi) is 8.76. The van der Waals surface area contributed by atoms with Gasteiger partial charge < -0.3 is 30.1 Å². The second-order valence-electron chi connectivity index (χ2n) is 7.85. The van der Waals surface area contributed by atoms with Crippen LogP contribution in [0.4, 0.5) is 16.7 Å². The molecule has 184 valence electrons. The lowest BCUT2D eigenvalue weighted by Crippen LogP contribution is -2.39. The van der Waals surface area contributed by atoms with Crippen LogP contribution in [-0.4, -0.2) is 101 Å². The van der Waals surface area contributed by atoms with Gasteiger partial charge in [-0.1, -0.05) is 12.1 Å². The molecule has 0 saturated carbocycles. The summed E-state index contributed by atoms with van der Waals surface area (Å²) in [6.07, 6.45) is -0.425. The maximum absolute atomic E-state index is 12.0. The number of amides is 1. The molecule has 0 radical (unpaired) electrons. The first-order valence-electron chi connectivity index (χ1n) is 10.8. The Labute approximate surface area is 196 Å². The Morgan fingerprint density at radius 3 is 2.59 bits per heavy atom. The molecule has 1 fully saturated rings. The molecule has 13 heteroatoms. The highest BCUT2D eigenvalue weighted by molar-refractivity contribution is 5.77. The van der Waals surface area contributed by atoms with Crippen LogP contribution in [0.2, 0.25) is 0 Å². The number of carboxylic acids is 1. The number of nitrogens with one attached hydrogen (secondary N) is 3. The fourth-order valence-electron chi connectivity index (χ4n) is 3.17. The summed E-state index contributed by atoms with van der Waals surface area (Å²) >= 11 is 0. The lowest BCUT2D eigenvalue weighted by Gasteiger charge is -2.26. The molecule has 34 heavy (non-hydrogen) atoms. The van der Waals surface area contributed by atoms with Gasteiger partial charge in [-0.15, -0.1) is 0 Å². The van der Waals surface area contributed by atoms with E-state index in [1.807, 2.05) is 0 Å². The number of carbonyl (C=O) groups is 2. The Hall–Kier alpha value is -3.71. The van der Waals surface area contributed by atoms with Crippen LogP contribution >= 0.6 is 0 Å². The number of hydrogen-bond acceptors (Lipinski definition) is 10. The molecular formula is C21H29N7O6. The second kappa shape index (κ2) is 12.0. The third-order valence-electron chi connectivity index (χ3n) is 5.01. The van der Waals surface area contributed by atoms with Crippen LogP contribution in [0.15, 0.2) is 29.1 Å². The summed E-state index contributed by atoms with van der Waals surface area (Å²) in [7, 11) is 3.14. The third-order valence-corrected chi connectivity index (χ3v) is 5.01. The van der Waals surface area contributed by atoms with Crippen LogP contribution in [0, 0.1) is 0 Å². The number of benzene rings is 1. The Bertz CT molecular complexity index is 1020. The lowest BCUT2D eigenvalue weighted by molar-refractivity contribution is -0.137. The van der Waals surface area contributed by atoms with E-state index in [9.17, 15) is 19.5 Å². The number of ether oxygens (including phenoxy) is 2. The maximum atomic E-state index is 12.0. The highest BCUT2D eigenvalue weighted by atomic mass is 16.6. The monoisotopic (exact) mass is 475 g/mol. The molecule has 1 amide bonds. The zero-order valence-corrected chi connectivity index (χ0v) is 19.1. The molecule has 13 nitrogen and oxygen atoms in total. The van der Waals surface area contributed by atoms with E-state index in [2.05, 4.69) is 30.5 Å². The summed E-state index contributed by atoms with van der Waals surface area (Å²) in [5.74, 6) is -0.685. The standard InChI is InChI=1S/C21H29N7O6/c1-27(2)21(32)34-15-5-3-14(4-6-15)13-16(17(29)30)23-19-24-18(25-20(31)26-19)22-7-8-28-9-11-33-12-10-28/h3-6,16H,7-13H2,1-2H3,(H,29,30)(H3,22,23,24,25,26,31)/t16-/m0/s1. The van der Waals surface area contributed by atoms with Gasteiger partial charge >= 0.3 is 17.8 Å². The minimum absolute atomic E-state index is 0.0905. The quantitative estimate of drug-likeness (QED) is 0.368. The van der Waals surface area contributed by atoms with Crippen LogP contribution in [0.1, 0.15) is 5.56 Å². The molecule has 4 N–H and O–H groups in total. The molecule has 1 atom stereocenters. The van der Waals surface area contributed by atoms with Crippen molar-refractivity contribution in [3.63, 3.8) is 0 Å². The number of hydrogen-bond donors (Lipinski definition) is 4. The fraction of sp³-hybridized carbons (Fsp3) is 0.476. The average Bonchev–Trinajstić information content (AvgIpc) is 2.80. The summed E-state index contributed by atoms with van der Waals surface area (Å²) in [5.41, 5.74) is 0.0285. The number of rotatable bonds is 10. The predicted octanol–water partition coefficient (Wildman–Crippen LogP) is 0.0772. The van der Waals surface area contributed by atoms with Gasteiger partial charge in [0.25, 0.3) is 0 Å². The van der Waals surface area contributed by atoms with Crippen molar-refractivity contribution < 1.29 is 24.2 Å². The topological polar surface area (TPSA) is 162 Å². The molecule has 2 aromatic rings. The number of H-pyrrole nitrogens is 1. The van der Waals surface area contributed by atoms with E-state index >= 15 is 0 Å². The fourth-order valence-corrected chi connectivity index (χ4v) is 3.17. The first kappa shape index (κ1) is 24.9. The summed E-state index contributed by atoms with van der Waals surface area (Å²) in [6.45, 7) is 4.36. The van der Waals surface area contributed by atoms with Gasteiger partial charge in [-0.2, -0.15) is 9.97 Å². The van der Waals surface area contributed by atoms with Crippen molar-refractivity contribution >= 4 is 24.0 Å². The molecule has 1 aromatic carbocycles. The second-order valence-corrected chi connectivity index (χ2v) is 7.85. The molecule has 0 unspecified atom stereocenters. The number of aliphatic carboxylic acids is 1. The van der Waals surface area contributed by atoms with Gasteiger partial charge in [-0.25, -0.2) is 14.4 Å². The van der Waals surface area contributed by atoms with Crippen molar-refractivity contribution in [2.45, 2.75) is 12.5 Å². The summed E-state index contributed by atoms with van der Waals surface area (Å²) in [5, 5.41) is 15.4. The predicted molar refractivity (Wildman–Crippen MR) is 123 cm³/mol. The molecule has 2 heterocycles. The van der Waals surface area contributed by atoms with Crippen molar-refractivity contribution in [1.29, 1.82) is 0 Å². The number of aromatic nitrogens is 3. The molecule has 1 saturated heterocycles. The highest BCUT2D eigenvalue weighted by Crippen LogP contribution is 2.15. The molecule has 3 rings (SSSR count). The molecule has 1 aromatic heterocycles. The Balaban J connectivity index is 1.59. The van der Waals surface area contributed by atoms with Crippen molar-refractivity contribution in [2.24, 2.45) is 0 Å². The van der Waals surface area contributed by atoms with Crippen LogP contribution < -0.4 is 21.1 Å². The van der Waals surface area contributed by atoms with E-state index < -0.39 is 23.8 Å². The summed E-state index contributed by atoms with van der Waals surface area (Å²) in [6, 6.07) is 5.39. The largest absolute Gasteiger partial charge is 0.480 e. The zero-order valence-electron chi connectivity index (χ0n) is 19.1. The van der Waals surface area contributed by atoms with E-state index in [0.29, 0.717) is 31.1 Å². The van der Waals surface area contributed by atoms with Crippen LogP contribution in [0.3, 0.4) is 0 Å². The minimum atomic E-state index is -1.13. The van der Waals surface area contributed by atoms with E-state index in [0.717, 1.165) is 19.6 Å². The summed E-state index contributed by atoms with van der Waals surface area (Å²) in [4.78, 5) is 49.3. The number of carboxylic acid groups (broad SMARTS) is 1. The Morgan fingerprint density at radius 1 is 1.24 bits per heavy atom. The van der Waals surface area contributed by atoms with Gasteiger partial charge in [-0.05, 0) is 17.7 Å². The van der Waals surface area contributed by atoms with Crippen LogP contribution in [0.25, 0.3) is 0 Å². The first-order valence-corrected chi connectivity index (χ1v) is 10.8. The van der Waals surface area contributed by atoms with E-state index in [4.69, 9.17) is 9.47 Å². The number of aromatic amines is 1. The van der Waals surface area contributed by atoms with Gasteiger partial charge in [0.2, 0.25) is 11.9 Å². The van der Waals surface area contributed by atoms with Gasteiger partial charge in [0.1, 0.15) is 11.8 Å². The number of nitrogens with zero attached hydrogens (tertiary/aromatic N) is 4. The minimum Gasteiger partial charge on any atom is -0.480 e. The molecule has 0 aliphatic carbocycles. The average molecular weight is 476 g/mol. The molecule has 0 spiro atoms.